The first-order chi connectivity index (χ1) is 19.8. The van der Waals surface area contributed by atoms with Crippen LogP contribution in [0, 0.1) is 47.3 Å². The standard InChI is InChI=1S/C32H56N8.2ClH.H4Si/c1-2-10-18-17(9-1)25-33-26(18)38-28-21-13-5-6-14-22(21)30(35-28)40-32-24-16-8-7-15-23(24)31(36-32)39-29-20-12-4-3-11-19(20)27(34-29)37-25;;;/h17-40H,1-16H2;2*1H;1H4. The van der Waals surface area contributed by atoms with Crippen molar-refractivity contribution in [2.24, 2.45) is 47.3 Å². The number of halogens is 2. The van der Waals surface area contributed by atoms with Gasteiger partial charge < -0.3 is 0 Å². The molecule has 0 radical (unpaired) electrons. The van der Waals surface area contributed by atoms with Gasteiger partial charge in [0.15, 0.2) is 0 Å². The highest BCUT2D eigenvalue weighted by atomic mass is 35.5. The van der Waals surface area contributed by atoms with E-state index in [0.29, 0.717) is 49.3 Å². The Morgan fingerprint density at radius 1 is 0.233 bits per heavy atom. The third-order valence-electron chi connectivity index (χ3n) is 13.8. The van der Waals surface area contributed by atoms with E-state index in [2.05, 4.69) is 42.5 Å². The van der Waals surface area contributed by atoms with Crippen molar-refractivity contribution in [1.29, 1.82) is 0 Å². The number of hydrogen-bond acceptors (Lipinski definition) is 8. The van der Waals surface area contributed by atoms with Gasteiger partial charge in [-0.05, 0) is 110 Å². The van der Waals surface area contributed by atoms with Gasteiger partial charge in [-0.25, -0.2) is 0 Å². The van der Waals surface area contributed by atoms with Gasteiger partial charge in [0, 0.05) is 0 Å². The third kappa shape index (κ3) is 5.91. The van der Waals surface area contributed by atoms with Gasteiger partial charge in [0.2, 0.25) is 0 Å². The first-order valence-electron chi connectivity index (χ1n) is 17.9. The Labute approximate surface area is 276 Å². The average molecular weight is 658 g/mol. The van der Waals surface area contributed by atoms with Crippen LogP contribution in [0.1, 0.15) is 103 Å². The van der Waals surface area contributed by atoms with Gasteiger partial charge in [-0.1, -0.05) is 51.4 Å². The summed E-state index contributed by atoms with van der Waals surface area (Å²) >= 11 is 0. The smallest absolute Gasteiger partial charge is 0.0628 e. The van der Waals surface area contributed by atoms with E-state index in [-0.39, 0.29) is 35.8 Å². The third-order valence-corrected chi connectivity index (χ3v) is 13.8. The quantitative estimate of drug-likeness (QED) is 0.188. The number of nitrogens with one attached hydrogen (secondary N) is 8. The van der Waals surface area contributed by atoms with Crippen LogP contribution < -0.4 is 42.5 Å². The summed E-state index contributed by atoms with van der Waals surface area (Å²) in [6, 6.07) is 0. The lowest BCUT2D eigenvalue weighted by Gasteiger charge is -2.35. The molecule has 0 amide bonds. The summed E-state index contributed by atoms with van der Waals surface area (Å²) < 4.78 is 0. The topological polar surface area (TPSA) is 96.2 Å². The van der Waals surface area contributed by atoms with Crippen LogP contribution in [0.2, 0.25) is 0 Å². The molecule has 4 aliphatic carbocycles. The molecule has 0 aromatic rings. The molecule has 248 valence electrons. The fourth-order valence-corrected chi connectivity index (χ4v) is 12.0. The molecule has 5 aliphatic heterocycles. The molecule has 8 N–H and O–H groups in total. The molecule has 9 rings (SSSR count). The van der Waals surface area contributed by atoms with E-state index in [9.17, 15) is 0 Å². The molecular formula is C32H62Cl2N8Si. The molecule has 5 saturated heterocycles. The highest BCUT2D eigenvalue weighted by Gasteiger charge is 2.54. The van der Waals surface area contributed by atoms with Crippen LogP contribution in [-0.4, -0.2) is 60.3 Å². The van der Waals surface area contributed by atoms with Crippen molar-refractivity contribution in [3.05, 3.63) is 0 Å². The van der Waals surface area contributed by atoms with Gasteiger partial charge in [-0.3, -0.25) is 42.5 Å². The largest absolute Gasteiger partial charge is 0.286 e. The molecule has 0 aromatic carbocycles. The maximum Gasteiger partial charge on any atom is 0.0628 e. The van der Waals surface area contributed by atoms with Crippen molar-refractivity contribution in [3.8, 4) is 0 Å². The first-order valence-corrected chi connectivity index (χ1v) is 17.9. The normalized spacial score (nSPS) is 53.6. The predicted octanol–water partition coefficient (Wildman–Crippen LogP) is 2.00. The average Bonchev–Trinajstić information content (AvgIpc) is 3.73. The maximum absolute atomic E-state index is 4.26. The van der Waals surface area contributed by atoms with Crippen molar-refractivity contribution in [2.45, 2.75) is 152 Å². The lowest BCUT2D eigenvalue weighted by Crippen LogP contribution is -2.61. The summed E-state index contributed by atoms with van der Waals surface area (Å²) in [6.45, 7) is 0. The molecule has 8 bridgehead atoms. The fourth-order valence-electron chi connectivity index (χ4n) is 12.0. The molecule has 11 heteroatoms. The molecule has 4 saturated carbocycles. The first kappa shape index (κ1) is 33.4. The van der Waals surface area contributed by atoms with Crippen LogP contribution in [0.25, 0.3) is 0 Å². The Balaban J connectivity index is 0.00000110. The van der Waals surface area contributed by atoms with Gasteiger partial charge in [0.25, 0.3) is 0 Å². The van der Waals surface area contributed by atoms with Crippen LogP contribution in [0.5, 0.6) is 0 Å². The van der Waals surface area contributed by atoms with Gasteiger partial charge in [-0.2, -0.15) is 0 Å². The molecule has 8 nitrogen and oxygen atoms in total. The molecule has 8 unspecified atom stereocenters. The van der Waals surface area contributed by atoms with Gasteiger partial charge in [0.1, 0.15) is 0 Å². The SMILES string of the molecule is C1CCC2C3NC(NC4NC(NC5NC(NC6NC(N3)C3CCCCC63)C3CCCCC53)C3CCCCC43)C2C1.Cl.Cl.[SiH4]. The van der Waals surface area contributed by atoms with Gasteiger partial charge in [-0.15, -0.1) is 24.8 Å². The van der Waals surface area contributed by atoms with E-state index in [1.807, 2.05) is 0 Å². The van der Waals surface area contributed by atoms with Gasteiger partial charge in [0.05, 0.1) is 49.3 Å². The number of rotatable bonds is 0. The Hall–Kier alpha value is 0.477. The Morgan fingerprint density at radius 3 is 0.465 bits per heavy atom. The van der Waals surface area contributed by atoms with Crippen molar-refractivity contribution in [2.75, 3.05) is 0 Å². The molecule has 5 heterocycles. The predicted molar refractivity (Wildman–Crippen MR) is 183 cm³/mol. The highest BCUT2D eigenvalue weighted by Crippen LogP contribution is 2.45. The summed E-state index contributed by atoms with van der Waals surface area (Å²) in [5.41, 5.74) is 0. The Morgan fingerprint density at radius 2 is 0.349 bits per heavy atom. The van der Waals surface area contributed by atoms with Crippen LogP contribution in [0.15, 0.2) is 0 Å². The molecule has 8 atom stereocenters. The summed E-state index contributed by atoms with van der Waals surface area (Å²) in [7, 11) is 0. The summed E-state index contributed by atoms with van der Waals surface area (Å²) in [4.78, 5) is 0. The Bertz CT molecular complexity index is 728. The minimum absolute atomic E-state index is 0. The van der Waals surface area contributed by atoms with E-state index in [0.717, 1.165) is 47.3 Å². The summed E-state index contributed by atoms with van der Waals surface area (Å²) in [5.74, 6) is 5.97. The number of fused-ring (bicyclic) bond motifs is 20. The van der Waals surface area contributed by atoms with Crippen molar-refractivity contribution in [3.63, 3.8) is 0 Å². The number of hydrogen-bond donors (Lipinski definition) is 8. The van der Waals surface area contributed by atoms with Crippen molar-refractivity contribution in [1.82, 2.24) is 42.5 Å². The fraction of sp³-hybridized carbons (Fsp3) is 1.00. The molecule has 0 spiro atoms. The van der Waals surface area contributed by atoms with Crippen LogP contribution >= 0.6 is 24.8 Å². The zero-order valence-electron chi connectivity index (χ0n) is 25.4. The van der Waals surface area contributed by atoms with E-state index in [1.165, 1.54) is 103 Å². The second-order valence-electron chi connectivity index (χ2n) is 15.6. The van der Waals surface area contributed by atoms with Crippen LogP contribution in [-0.2, 0) is 0 Å². The molecule has 9 aliphatic rings. The van der Waals surface area contributed by atoms with Crippen LogP contribution in [0.3, 0.4) is 0 Å². The Kier molecular flexibility index (Phi) is 10.8. The lowest BCUT2D eigenvalue weighted by molar-refractivity contribution is 0.167. The zero-order chi connectivity index (χ0) is 26.2. The minimum atomic E-state index is 0. The van der Waals surface area contributed by atoms with E-state index in [4.69, 9.17) is 0 Å². The summed E-state index contributed by atoms with van der Waals surface area (Å²) in [6.07, 6.45) is 25.6. The zero-order valence-corrected chi connectivity index (χ0v) is 27.0. The highest BCUT2D eigenvalue weighted by molar-refractivity contribution is 5.85. The summed E-state index contributed by atoms with van der Waals surface area (Å²) in [5, 5.41) is 33.8. The minimum Gasteiger partial charge on any atom is -0.286 e. The van der Waals surface area contributed by atoms with E-state index < -0.39 is 0 Å². The second kappa shape index (κ2) is 13.9. The van der Waals surface area contributed by atoms with E-state index >= 15 is 0 Å². The second-order valence-corrected chi connectivity index (χ2v) is 15.6. The molecule has 0 aromatic heterocycles. The van der Waals surface area contributed by atoms with Crippen molar-refractivity contribution >= 4 is 35.8 Å². The lowest BCUT2D eigenvalue weighted by atomic mass is 9.76. The molecule has 43 heavy (non-hydrogen) atoms. The van der Waals surface area contributed by atoms with Crippen LogP contribution in [0.4, 0.5) is 0 Å². The molecule has 9 fully saturated rings. The maximum atomic E-state index is 4.26. The molecular weight excluding hydrogens is 595 g/mol. The van der Waals surface area contributed by atoms with E-state index in [1.54, 1.807) is 0 Å². The van der Waals surface area contributed by atoms with Gasteiger partial charge >= 0.3 is 0 Å². The van der Waals surface area contributed by atoms with Crippen molar-refractivity contribution < 1.29 is 0 Å². The monoisotopic (exact) mass is 656 g/mol.